The quantitative estimate of drug-likeness (QED) is 0.872. The number of rotatable bonds is 4. The van der Waals surface area contributed by atoms with Gasteiger partial charge in [0.2, 0.25) is 0 Å². The SMILES string of the molecule is Cc1n[nH]c(C)c1CN[C@@H](C)c1ccc(F)cc1. The van der Waals surface area contributed by atoms with Crippen LogP contribution in [-0.4, -0.2) is 10.2 Å². The van der Waals surface area contributed by atoms with Gasteiger partial charge in [0.15, 0.2) is 0 Å². The third kappa shape index (κ3) is 2.76. The van der Waals surface area contributed by atoms with Gasteiger partial charge in [-0.05, 0) is 38.5 Å². The first-order chi connectivity index (χ1) is 8.58. The van der Waals surface area contributed by atoms with Gasteiger partial charge in [0.05, 0.1) is 5.69 Å². The topological polar surface area (TPSA) is 40.7 Å². The number of aryl methyl sites for hydroxylation is 2. The first-order valence-corrected chi connectivity index (χ1v) is 6.07. The van der Waals surface area contributed by atoms with Gasteiger partial charge in [-0.15, -0.1) is 0 Å². The van der Waals surface area contributed by atoms with Crippen LogP contribution in [-0.2, 0) is 6.54 Å². The van der Waals surface area contributed by atoms with Gasteiger partial charge in [0.25, 0.3) is 0 Å². The molecular formula is C14H18FN3. The molecule has 0 radical (unpaired) electrons. The minimum Gasteiger partial charge on any atom is -0.306 e. The fraction of sp³-hybridized carbons (Fsp3) is 0.357. The second kappa shape index (κ2) is 5.31. The predicted molar refractivity (Wildman–Crippen MR) is 69.7 cm³/mol. The number of H-pyrrole nitrogens is 1. The summed E-state index contributed by atoms with van der Waals surface area (Å²) < 4.78 is 12.8. The molecule has 3 nitrogen and oxygen atoms in total. The lowest BCUT2D eigenvalue weighted by Gasteiger charge is -2.14. The average Bonchev–Trinajstić information content (AvgIpc) is 2.67. The van der Waals surface area contributed by atoms with Gasteiger partial charge in [0.1, 0.15) is 5.82 Å². The molecule has 0 fully saturated rings. The minimum atomic E-state index is -0.201. The van der Waals surface area contributed by atoms with Gasteiger partial charge in [-0.3, -0.25) is 5.10 Å². The molecule has 2 aromatic rings. The van der Waals surface area contributed by atoms with Crippen LogP contribution in [0.1, 0.15) is 35.5 Å². The standard InChI is InChI=1S/C14H18FN3/c1-9(12-4-6-13(15)7-5-12)16-8-14-10(2)17-18-11(14)3/h4-7,9,16H,8H2,1-3H3,(H,17,18)/t9-/m0/s1. The van der Waals surface area contributed by atoms with Crippen molar-refractivity contribution in [3.63, 3.8) is 0 Å². The number of nitrogens with zero attached hydrogens (tertiary/aromatic N) is 1. The number of hydrogen-bond acceptors (Lipinski definition) is 2. The molecule has 0 aliphatic carbocycles. The van der Waals surface area contributed by atoms with E-state index in [2.05, 4.69) is 22.4 Å². The monoisotopic (exact) mass is 247 g/mol. The van der Waals surface area contributed by atoms with E-state index in [0.717, 1.165) is 23.5 Å². The fourth-order valence-electron chi connectivity index (χ4n) is 1.96. The molecule has 0 saturated carbocycles. The van der Waals surface area contributed by atoms with Crippen molar-refractivity contribution in [1.82, 2.24) is 15.5 Å². The third-order valence-electron chi connectivity index (χ3n) is 3.24. The average molecular weight is 247 g/mol. The van der Waals surface area contributed by atoms with E-state index in [-0.39, 0.29) is 11.9 Å². The molecule has 1 aromatic carbocycles. The Kier molecular flexibility index (Phi) is 3.77. The number of aromatic nitrogens is 2. The molecule has 18 heavy (non-hydrogen) atoms. The molecule has 2 rings (SSSR count). The summed E-state index contributed by atoms with van der Waals surface area (Å²) in [7, 11) is 0. The zero-order valence-corrected chi connectivity index (χ0v) is 10.9. The molecule has 0 unspecified atom stereocenters. The lowest BCUT2D eigenvalue weighted by molar-refractivity contribution is 0.569. The number of hydrogen-bond donors (Lipinski definition) is 2. The summed E-state index contributed by atoms with van der Waals surface area (Å²) >= 11 is 0. The highest BCUT2D eigenvalue weighted by atomic mass is 19.1. The summed E-state index contributed by atoms with van der Waals surface area (Å²) in [4.78, 5) is 0. The van der Waals surface area contributed by atoms with E-state index < -0.39 is 0 Å². The zero-order valence-electron chi connectivity index (χ0n) is 10.9. The maximum absolute atomic E-state index is 12.8. The van der Waals surface area contributed by atoms with E-state index in [1.807, 2.05) is 26.0 Å². The molecule has 0 amide bonds. The van der Waals surface area contributed by atoms with Crippen LogP contribution in [0.2, 0.25) is 0 Å². The van der Waals surface area contributed by atoms with E-state index >= 15 is 0 Å². The molecule has 1 heterocycles. The summed E-state index contributed by atoms with van der Waals surface area (Å²) in [5.41, 5.74) is 4.39. The van der Waals surface area contributed by atoms with Crippen molar-refractivity contribution in [3.05, 3.63) is 52.6 Å². The number of nitrogens with one attached hydrogen (secondary N) is 2. The highest BCUT2D eigenvalue weighted by Crippen LogP contribution is 2.15. The van der Waals surface area contributed by atoms with Crippen LogP contribution < -0.4 is 5.32 Å². The molecule has 0 saturated heterocycles. The Balaban J connectivity index is 2.00. The van der Waals surface area contributed by atoms with E-state index in [9.17, 15) is 4.39 Å². The number of benzene rings is 1. The Morgan fingerprint density at radius 2 is 1.94 bits per heavy atom. The Hall–Kier alpha value is -1.68. The van der Waals surface area contributed by atoms with Crippen LogP contribution >= 0.6 is 0 Å². The Morgan fingerprint density at radius 1 is 1.28 bits per heavy atom. The summed E-state index contributed by atoms with van der Waals surface area (Å²) in [5, 5.41) is 10.6. The van der Waals surface area contributed by atoms with Crippen LogP contribution in [0.15, 0.2) is 24.3 Å². The molecular weight excluding hydrogens is 229 g/mol. The van der Waals surface area contributed by atoms with Gasteiger partial charge in [0, 0.05) is 23.8 Å². The van der Waals surface area contributed by atoms with Crippen LogP contribution in [0, 0.1) is 19.7 Å². The van der Waals surface area contributed by atoms with Gasteiger partial charge < -0.3 is 5.32 Å². The number of halogens is 1. The summed E-state index contributed by atoms with van der Waals surface area (Å²) in [5.74, 6) is -0.201. The van der Waals surface area contributed by atoms with Gasteiger partial charge in [-0.2, -0.15) is 5.10 Å². The van der Waals surface area contributed by atoms with Crippen molar-refractivity contribution in [1.29, 1.82) is 0 Å². The Bertz CT molecular complexity index is 497. The Labute approximate surface area is 106 Å². The van der Waals surface area contributed by atoms with Crippen molar-refractivity contribution in [2.75, 3.05) is 0 Å². The predicted octanol–water partition coefficient (Wildman–Crippen LogP) is 3.02. The van der Waals surface area contributed by atoms with Crippen LogP contribution in [0.3, 0.4) is 0 Å². The first kappa shape index (κ1) is 12.8. The second-order valence-electron chi connectivity index (χ2n) is 4.57. The normalized spacial score (nSPS) is 12.7. The van der Waals surface area contributed by atoms with Crippen molar-refractivity contribution < 1.29 is 4.39 Å². The Morgan fingerprint density at radius 3 is 2.50 bits per heavy atom. The molecule has 2 N–H and O–H groups in total. The molecule has 1 atom stereocenters. The van der Waals surface area contributed by atoms with Gasteiger partial charge in [-0.1, -0.05) is 12.1 Å². The van der Waals surface area contributed by atoms with E-state index in [1.165, 1.54) is 17.7 Å². The maximum atomic E-state index is 12.8. The second-order valence-corrected chi connectivity index (χ2v) is 4.57. The van der Waals surface area contributed by atoms with Crippen molar-refractivity contribution >= 4 is 0 Å². The molecule has 1 aromatic heterocycles. The largest absolute Gasteiger partial charge is 0.306 e. The van der Waals surface area contributed by atoms with Crippen LogP contribution in [0.5, 0.6) is 0 Å². The van der Waals surface area contributed by atoms with E-state index in [4.69, 9.17) is 0 Å². The third-order valence-corrected chi connectivity index (χ3v) is 3.24. The molecule has 0 spiro atoms. The van der Waals surface area contributed by atoms with Crippen LogP contribution in [0.4, 0.5) is 4.39 Å². The van der Waals surface area contributed by atoms with E-state index in [0.29, 0.717) is 0 Å². The van der Waals surface area contributed by atoms with Crippen LogP contribution in [0.25, 0.3) is 0 Å². The summed E-state index contributed by atoms with van der Waals surface area (Å²) in [6.45, 7) is 6.83. The lowest BCUT2D eigenvalue weighted by Crippen LogP contribution is -2.18. The zero-order chi connectivity index (χ0) is 13.1. The van der Waals surface area contributed by atoms with Crippen molar-refractivity contribution in [2.45, 2.75) is 33.4 Å². The summed E-state index contributed by atoms with van der Waals surface area (Å²) in [6, 6.07) is 6.77. The smallest absolute Gasteiger partial charge is 0.123 e. The highest BCUT2D eigenvalue weighted by Gasteiger charge is 2.09. The minimum absolute atomic E-state index is 0.180. The molecule has 96 valence electrons. The molecule has 0 bridgehead atoms. The van der Waals surface area contributed by atoms with Crippen molar-refractivity contribution in [2.24, 2.45) is 0 Å². The molecule has 0 aliphatic rings. The lowest BCUT2D eigenvalue weighted by atomic mass is 10.1. The molecule has 4 heteroatoms. The van der Waals surface area contributed by atoms with E-state index in [1.54, 1.807) is 0 Å². The highest BCUT2D eigenvalue weighted by molar-refractivity contribution is 5.24. The fourth-order valence-corrected chi connectivity index (χ4v) is 1.96. The number of aromatic amines is 1. The first-order valence-electron chi connectivity index (χ1n) is 6.07. The summed E-state index contributed by atoms with van der Waals surface area (Å²) in [6.07, 6.45) is 0. The van der Waals surface area contributed by atoms with Gasteiger partial charge >= 0.3 is 0 Å². The van der Waals surface area contributed by atoms with Gasteiger partial charge in [-0.25, -0.2) is 4.39 Å². The molecule has 0 aliphatic heterocycles. The van der Waals surface area contributed by atoms with Crippen molar-refractivity contribution in [3.8, 4) is 0 Å². The maximum Gasteiger partial charge on any atom is 0.123 e.